The van der Waals surface area contributed by atoms with Crippen molar-refractivity contribution in [3.8, 4) is 0 Å². The van der Waals surface area contributed by atoms with Crippen molar-refractivity contribution in [3.05, 3.63) is 40.9 Å². The number of aromatic nitrogens is 2. The van der Waals surface area contributed by atoms with Gasteiger partial charge in [0.15, 0.2) is 0 Å². The third-order valence-electron chi connectivity index (χ3n) is 4.14. The molecule has 5 nitrogen and oxygen atoms in total. The minimum atomic E-state index is 0.190. The van der Waals surface area contributed by atoms with Gasteiger partial charge in [0, 0.05) is 32.6 Å². The first-order valence-corrected chi connectivity index (χ1v) is 8.91. The number of anilines is 1. The number of ketones is 1. The Morgan fingerprint density at radius 2 is 1.83 bits per heavy atom. The molecular weight excluding hydrogens is 308 g/mol. The van der Waals surface area contributed by atoms with Crippen molar-refractivity contribution in [3.63, 3.8) is 0 Å². The maximum absolute atomic E-state index is 12.2. The third kappa shape index (κ3) is 4.36. The number of benzene rings is 1. The number of likely N-dealkylation sites (N-methyl/N-ethyl adjacent to an activating group) is 1. The molecule has 0 amide bonds. The standard InChI is InChI=1S/C17H22N4OS/c1-2-20-8-10-21(11-9-20)17-19-18-16(23-17)13-15(22)12-14-6-4-3-5-7-14/h3-7H,2,8-13H2,1H3. The van der Waals surface area contributed by atoms with E-state index < -0.39 is 0 Å². The highest BCUT2D eigenvalue weighted by molar-refractivity contribution is 7.15. The number of rotatable bonds is 6. The van der Waals surface area contributed by atoms with Crippen LogP contribution in [0.2, 0.25) is 0 Å². The van der Waals surface area contributed by atoms with Crippen molar-refractivity contribution in [2.75, 3.05) is 37.6 Å². The topological polar surface area (TPSA) is 49.3 Å². The Balaban J connectivity index is 1.54. The fraction of sp³-hybridized carbons (Fsp3) is 0.471. The Morgan fingerprint density at radius 3 is 2.52 bits per heavy atom. The Hall–Kier alpha value is -1.79. The number of piperazine rings is 1. The van der Waals surface area contributed by atoms with Crippen LogP contribution in [0.15, 0.2) is 30.3 Å². The molecule has 1 aliphatic heterocycles. The second-order valence-electron chi connectivity index (χ2n) is 5.78. The molecule has 6 heteroatoms. The number of carbonyl (C=O) groups excluding carboxylic acids is 1. The van der Waals surface area contributed by atoms with Crippen LogP contribution in [0.4, 0.5) is 5.13 Å². The molecule has 0 N–H and O–H groups in total. The molecule has 0 bridgehead atoms. The molecule has 0 atom stereocenters. The fourth-order valence-corrected chi connectivity index (χ4v) is 3.67. The van der Waals surface area contributed by atoms with Gasteiger partial charge in [0.1, 0.15) is 10.8 Å². The van der Waals surface area contributed by atoms with Crippen LogP contribution in [-0.4, -0.2) is 53.6 Å². The molecule has 1 aromatic carbocycles. The first kappa shape index (κ1) is 16.1. The summed E-state index contributed by atoms with van der Waals surface area (Å²) >= 11 is 1.55. The summed E-state index contributed by atoms with van der Waals surface area (Å²) in [4.78, 5) is 16.9. The van der Waals surface area contributed by atoms with Crippen LogP contribution in [0.3, 0.4) is 0 Å². The molecule has 0 spiro atoms. The third-order valence-corrected chi connectivity index (χ3v) is 5.12. The molecule has 2 aromatic rings. The lowest BCUT2D eigenvalue weighted by Crippen LogP contribution is -2.46. The smallest absolute Gasteiger partial charge is 0.208 e. The summed E-state index contributed by atoms with van der Waals surface area (Å²) in [5.41, 5.74) is 1.05. The number of nitrogens with zero attached hydrogens (tertiary/aromatic N) is 4. The number of hydrogen-bond donors (Lipinski definition) is 0. The minimum Gasteiger partial charge on any atom is -0.344 e. The molecule has 0 saturated carbocycles. The van der Waals surface area contributed by atoms with E-state index in [-0.39, 0.29) is 5.78 Å². The highest BCUT2D eigenvalue weighted by Crippen LogP contribution is 2.22. The van der Waals surface area contributed by atoms with Crippen LogP contribution in [0.25, 0.3) is 0 Å². The zero-order chi connectivity index (χ0) is 16.1. The molecule has 1 saturated heterocycles. The molecule has 0 aliphatic carbocycles. The molecule has 0 unspecified atom stereocenters. The molecule has 1 fully saturated rings. The van der Waals surface area contributed by atoms with Gasteiger partial charge in [-0.1, -0.05) is 48.6 Å². The summed E-state index contributed by atoms with van der Waals surface area (Å²) in [6.45, 7) is 7.40. The summed E-state index contributed by atoms with van der Waals surface area (Å²) in [6.07, 6.45) is 0.840. The van der Waals surface area contributed by atoms with Gasteiger partial charge in [-0.3, -0.25) is 4.79 Å². The maximum atomic E-state index is 12.2. The highest BCUT2D eigenvalue weighted by atomic mass is 32.1. The molecule has 23 heavy (non-hydrogen) atoms. The molecule has 1 aromatic heterocycles. The van der Waals surface area contributed by atoms with Gasteiger partial charge < -0.3 is 9.80 Å². The first-order valence-electron chi connectivity index (χ1n) is 8.10. The fourth-order valence-electron chi connectivity index (χ4n) is 2.75. The van der Waals surface area contributed by atoms with Crippen molar-refractivity contribution in [1.29, 1.82) is 0 Å². The van der Waals surface area contributed by atoms with E-state index in [1.54, 1.807) is 11.3 Å². The van der Waals surface area contributed by atoms with Crippen LogP contribution >= 0.6 is 11.3 Å². The van der Waals surface area contributed by atoms with E-state index in [2.05, 4.69) is 26.9 Å². The number of hydrogen-bond acceptors (Lipinski definition) is 6. The predicted octanol–water partition coefficient (Wildman–Crippen LogP) is 2.03. The van der Waals surface area contributed by atoms with E-state index in [1.165, 1.54) is 0 Å². The Morgan fingerprint density at radius 1 is 1.09 bits per heavy atom. The number of Topliss-reactive ketones (excluding diaryl/α,β-unsaturated/α-hetero) is 1. The van der Waals surface area contributed by atoms with Gasteiger partial charge in [-0.15, -0.1) is 10.2 Å². The molecular formula is C17H22N4OS. The zero-order valence-electron chi connectivity index (χ0n) is 13.4. The predicted molar refractivity (Wildman–Crippen MR) is 93.1 cm³/mol. The van der Waals surface area contributed by atoms with E-state index in [0.29, 0.717) is 12.8 Å². The second-order valence-corrected chi connectivity index (χ2v) is 6.82. The largest absolute Gasteiger partial charge is 0.344 e. The molecule has 0 radical (unpaired) electrons. The van der Waals surface area contributed by atoms with Crippen molar-refractivity contribution >= 4 is 22.3 Å². The summed E-state index contributed by atoms with van der Waals surface area (Å²) in [5.74, 6) is 0.190. The van der Waals surface area contributed by atoms with Gasteiger partial charge in [0.05, 0.1) is 6.42 Å². The minimum absolute atomic E-state index is 0.190. The SMILES string of the molecule is CCN1CCN(c2nnc(CC(=O)Cc3ccccc3)s2)CC1. The van der Waals surface area contributed by atoms with E-state index >= 15 is 0 Å². The van der Waals surface area contributed by atoms with Crippen molar-refractivity contribution < 1.29 is 4.79 Å². The van der Waals surface area contributed by atoms with Gasteiger partial charge in [-0.25, -0.2) is 0 Å². The molecule has 2 heterocycles. The Labute approximate surface area is 140 Å². The molecule has 3 rings (SSSR count). The van der Waals surface area contributed by atoms with E-state index in [9.17, 15) is 4.79 Å². The van der Waals surface area contributed by atoms with Crippen LogP contribution in [0.1, 0.15) is 17.5 Å². The summed E-state index contributed by atoms with van der Waals surface area (Å²) < 4.78 is 0. The van der Waals surface area contributed by atoms with Crippen molar-refractivity contribution in [2.24, 2.45) is 0 Å². The van der Waals surface area contributed by atoms with E-state index in [4.69, 9.17) is 0 Å². The number of carbonyl (C=O) groups is 1. The summed E-state index contributed by atoms with van der Waals surface area (Å²) in [5, 5.41) is 10.2. The maximum Gasteiger partial charge on any atom is 0.208 e. The quantitative estimate of drug-likeness (QED) is 0.811. The lowest BCUT2D eigenvalue weighted by atomic mass is 10.1. The second kappa shape index (κ2) is 7.66. The molecule has 122 valence electrons. The average molecular weight is 330 g/mol. The van der Waals surface area contributed by atoms with Crippen LogP contribution in [-0.2, 0) is 17.6 Å². The van der Waals surface area contributed by atoms with Gasteiger partial charge in [0.25, 0.3) is 0 Å². The zero-order valence-corrected chi connectivity index (χ0v) is 14.3. The monoisotopic (exact) mass is 330 g/mol. The van der Waals surface area contributed by atoms with E-state index in [1.807, 2.05) is 30.3 Å². The van der Waals surface area contributed by atoms with Gasteiger partial charge in [0.2, 0.25) is 5.13 Å². The van der Waals surface area contributed by atoms with Crippen LogP contribution in [0.5, 0.6) is 0 Å². The molecule has 1 aliphatic rings. The Bertz CT molecular complexity index is 635. The van der Waals surface area contributed by atoms with Gasteiger partial charge in [-0.2, -0.15) is 0 Å². The lowest BCUT2D eigenvalue weighted by Gasteiger charge is -2.33. The lowest BCUT2D eigenvalue weighted by molar-refractivity contribution is -0.117. The van der Waals surface area contributed by atoms with Crippen molar-refractivity contribution in [2.45, 2.75) is 19.8 Å². The van der Waals surface area contributed by atoms with Gasteiger partial charge >= 0.3 is 0 Å². The highest BCUT2D eigenvalue weighted by Gasteiger charge is 2.19. The van der Waals surface area contributed by atoms with Crippen molar-refractivity contribution in [1.82, 2.24) is 15.1 Å². The average Bonchev–Trinajstić information content (AvgIpc) is 3.04. The normalized spacial score (nSPS) is 15.8. The first-order chi connectivity index (χ1) is 11.2. The van der Waals surface area contributed by atoms with E-state index in [0.717, 1.165) is 48.4 Å². The van der Waals surface area contributed by atoms with Crippen LogP contribution < -0.4 is 4.90 Å². The Kier molecular flexibility index (Phi) is 5.35. The summed E-state index contributed by atoms with van der Waals surface area (Å²) in [7, 11) is 0. The summed E-state index contributed by atoms with van der Waals surface area (Å²) in [6, 6.07) is 9.85. The van der Waals surface area contributed by atoms with Crippen LogP contribution in [0, 0.1) is 0 Å². The van der Waals surface area contributed by atoms with Gasteiger partial charge in [-0.05, 0) is 12.1 Å².